The summed E-state index contributed by atoms with van der Waals surface area (Å²) in [5.41, 5.74) is 6.31. The van der Waals surface area contributed by atoms with Gasteiger partial charge in [-0.25, -0.2) is 9.18 Å². The maximum atomic E-state index is 13.7. The van der Waals surface area contributed by atoms with Gasteiger partial charge in [0.2, 0.25) is 0 Å². The molecule has 1 aliphatic heterocycles. The number of halogens is 4. The summed E-state index contributed by atoms with van der Waals surface area (Å²) in [6.07, 6.45) is -2.65. The van der Waals surface area contributed by atoms with E-state index in [0.29, 0.717) is 37.0 Å². The number of nitrogens with zero attached hydrogens (tertiary/aromatic N) is 3. The summed E-state index contributed by atoms with van der Waals surface area (Å²) in [7, 11) is 0. The molecule has 30 heavy (non-hydrogen) atoms. The fourth-order valence-corrected chi connectivity index (χ4v) is 3.26. The molecule has 1 fully saturated rings. The summed E-state index contributed by atoms with van der Waals surface area (Å²) in [4.78, 5) is 19.7. The van der Waals surface area contributed by atoms with Crippen LogP contribution in [-0.2, 0) is 6.54 Å². The van der Waals surface area contributed by atoms with Gasteiger partial charge in [0.15, 0.2) is 5.75 Å². The number of carbonyl (C=O) groups is 1. The van der Waals surface area contributed by atoms with Crippen molar-refractivity contribution in [3.05, 3.63) is 48.0 Å². The predicted octanol–water partition coefficient (Wildman–Crippen LogP) is 3.41. The Kier molecular flexibility index (Phi) is 6.30. The minimum atomic E-state index is -4.90. The third kappa shape index (κ3) is 5.96. The number of piperazine rings is 1. The molecule has 0 radical (unpaired) electrons. The van der Waals surface area contributed by atoms with Crippen LogP contribution in [0.15, 0.2) is 36.7 Å². The van der Waals surface area contributed by atoms with Crippen molar-refractivity contribution >= 4 is 11.8 Å². The average molecular weight is 428 g/mol. The van der Waals surface area contributed by atoms with Gasteiger partial charge in [0.1, 0.15) is 11.6 Å². The lowest BCUT2D eigenvalue weighted by Gasteiger charge is -2.39. The summed E-state index contributed by atoms with van der Waals surface area (Å²) < 4.78 is 60.0. The van der Waals surface area contributed by atoms with Gasteiger partial charge in [0.05, 0.1) is 18.1 Å². The highest BCUT2D eigenvalue weighted by atomic mass is 19.4. The van der Waals surface area contributed by atoms with Crippen LogP contribution in [0.25, 0.3) is 0 Å². The summed E-state index contributed by atoms with van der Waals surface area (Å²) in [6.45, 7) is 3.21. The van der Waals surface area contributed by atoms with Gasteiger partial charge in [0.25, 0.3) is 0 Å². The van der Waals surface area contributed by atoms with Gasteiger partial charge in [-0.15, -0.1) is 13.2 Å². The molecule has 3 rings (SSSR count). The zero-order valence-electron chi connectivity index (χ0n) is 16.0. The van der Waals surface area contributed by atoms with Crippen molar-refractivity contribution in [3.63, 3.8) is 0 Å². The van der Waals surface area contributed by atoms with Crippen LogP contribution < -0.4 is 15.2 Å². The highest BCUT2D eigenvalue weighted by Gasteiger charge is 2.32. The molecule has 1 atom stereocenters. The highest BCUT2D eigenvalue weighted by Crippen LogP contribution is 2.26. The molecule has 11 heteroatoms. The second-order valence-corrected chi connectivity index (χ2v) is 6.94. The minimum absolute atomic E-state index is 0.207. The number of rotatable bonds is 4. The SMILES string of the molecule is C[C@@H]1CN(Cc2cc(F)cc(OC(F)(F)F)c2)CCN1C(=O)Oc1cncc(N)c1. The largest absolute Gasteiger partial charge is 0.573 e. The Balaban J connectivity index is 1.59. The molecule has 0 bridgehead atoms. The molecular weight excluding hydrogens is 408 g/mol. The molecule has 0 saturated carbocycles. The third-order valence-electron chi connectivity index (χ3n) is 4.46. The molecule has 2 aromatic rings. The van der Waals surface area contributed by atoms with E-state index in [0.717, 1.165) is 12.1 Å². The van der Waals surface area contributed by atoms with Crippen LogP contribution in [0, 0.1) is 5.82 Å². The fraction of sp³-hybridized carbons (Fsp3) is 0.368. The monoisotopic (exact) mass is 428 g/mol. The van der Waals surface area contributed by atoms with Crippen molar-refractivity contribution in [2.75, 3.05) is 25.4 Å². The van der Waals surface area contributed by atoms with E-state index in [2.05, 4.69) is 9.72 Å². The summed E-state index contributed by atoms with van der Waals surface area (Å²) in [5.74, 6) is -1.20. The van der Waals surface area contributed by atoms with E-state index >= 15 is 0 Å². The molecule has 7 nitrogen and oxygen atoms in total. The Morgan fingerprint density at radius 1 is 1.20 bits per heavy atom. The number of hydrogen-bond donors (Lipinski definition) is 1. The molecule has 0 unspecified atom stereocenters. The van der Waals surface area contributed by atoms with Gasteiger partial charge in [-0.3, -0.25) is 9.88 Å². The van der Waals surface area contributed by atoms with E-state index in [-0.39, 0.29) is 18.3 Å². The van der Waals surface area contributed by atoms with E-state index in [1.54, 1.807) is 0 Å². The number of carbonyl (C=O) groups excluding carboxylic acids is 1. The molecule has 0 aliphatic carbocycles. The molecule has 2 N–H and O–H groups in total. The van der Waals surface area contributed by atoms with Crippen molar-refractivity contribution < 1.29 is 31.8 Å². The van der Waals surface area contributed by atoms with Crippen molar-refractivity contribution in [2.24, 2.45) is 0 Å². The third-order valence-corrected chi connectivity index (χ3v) is 4.46. The van der Waals surface area contributed by atoms with E-state index in [9.17, 15) is 22.4 Å². The Morgan fingerprint density at radius 2 is 1.97 bits per heavy atom. The Morgan fingerprint density at radius 3 is 2.63 bits per heavy atom. The predicted molar refractivity (Wildman–Crippen MR) is 99.2 cm³/mol. The van der Waals surface area contributed by atoms with Crippen molar-refractivity contribution in [1.82, 2.24) is 14.8 Å². The van der Waals surface area contributed by atoms with Gasteiger partial charge >= 0.3 is 12.5 Å². The molecule has 2 heterocycles. The normalized spacial score (nSPS) is 17.6. The van der Waals surface area contributed by atoms with Crippen LogP contribution in [0.1, 0.15) is 12.5 Å². The summed E-state index contributed by atoms with van der Waals surface area (Å²) >= 11 is 0. The first-order valence-electron chi connectivity index (χ1n) is 9.05. The van der Waals surface area contributed by atoms with Crippen molar-refractivity contribution in [2.45, 2.75) is 25.9 Å². The Bertz CT molecular complexity index is 910. The zero-order chi connectivity index (χ0) is 21.9. The van der Waals surface area contributed by atoms with Crippen molar-refractivity contribution in [1.29, 1.82) is 0 Å². The highest BCUT2D eigenvalue weighted by molar-refractivity contribution is 5.71. The first-order valence-corrected chi connectivity index (χ1v) is 9.05. The molecule has 0 spiro atoms. The number of nitrogen functional groups attached to an aromatic ring is 1. The molecular formula is C19H20F4N4O3. The minimum Gasteiger partial charge on any atom is -0.408 e. The van der Waals surface area contributed by atoms with Crippen LogP contribution in [0.4, 0.5) is 28.0 Å². The lowest BCUT2D eigenvalue weighted by Crippen LogP contribution is -2.54. The molecule has 1 aromatic carbocycles. The summed E-state index contributed by atoms with van der Waals surface area (Å²) in [6, 6.07) is 4.23. The van der Waals surface area contributed by atoms with Crippen LogP contribution in [0.5, 0.6) is 11.5 Å². The number of aromatic nitrogens is 1. The maximum absolute atomic E-state index is 13.7. The van der Waals surface area contributed by atoms with Gasteiger partial charge in [-0.05, 0) is 24.6 Å². The lowest BCUT2D eigenvalue weighted by molar-refractivity contribution is -0.274. The number of alkyl halides is 3. The second kappa shape index (κ2) is 8.74. The van der Waals surface area contributed by atoms with Gasteiger partial charge in [-0.2, -0.15) is 0 Å². The molecule has 1 saturated heterocycles. The average Bonchev–Trinajstić information content (AvgIpc) is 2.59. The molecule has 162 valence electrons. The number of hydrogen-bond acceptors (Lipinski definition) is 6. The topological polar surface area (TPSA) is 80.9 Å². The Labute approximate surface area is 170 Å². The standard InChI is InChI=1S/C19H20F4N4O3/c1-12-10-26(11-13-4-14(20)6-16(5-13)30-19(21,22)23)2-3-27(12)18(28)29-17-7-15(24)8-25-9-17/h4-9,12H,2-3,10-11,24H2,1H3/t12-/m1/s1. The number of amides is 1. The van der Waals surface area contributed by atoms with Crippen LogP contribution >= 0.6 is 0 Å². The molecule has 1 aliphatic rings. The second-order valence-electron chi connectivity index (χ2n) is 6.94. The maximum Gasteiger partial charge on any atom is 0.573 e. The van der Waals surface area contributed by atoms with Gasteiger partial charge < -0.3 is 20.1 Å². The van der Waals surface area contributed by atoms with Crippen molar-refractivity contribution in [3.8, 4) is 11.5 Å². The quantitative estimate of drug-likeness (QED) is 0.752. The van der Waals surface area contributed by atoms with E-state index in [4.69, 9.17) is 10.5 Å². The number of nitrogens with two attached hydrogens (primary N) is 1. The van der Waals surface area contributed by atoms with Gasteiger partial charge in [-0.1, -0.05) is 0 Å². The molecule has 1 amide bonds. The number of anilines is 1. The number of ether oxygens (including phenoxy) is 2. The number of pyridine rings is 1. The zero-order valence-corrected chi connectivity index (χ0v) is 16.0. The van der Waals surface area contributed by atoms with E-state index < -0.39 is 24.0 Å². The first kappa shape index (κ1) is 21.6. The van der Waals surface area contributed by atoms with Crippen LogP contribution in [0.3, 0.4) is 0 Å². The molecule has 1 aromatic heterocycles. The van der Waals surface area contributed by atoms with E-state index in [1.165, 1.54) is 23.4 Å². The Hall–Kier alpha value is -3.08. The number of benzene rings is 1. The van der Waals surface area contributed by atoms with Gasteiger partial charge in [0, 0.05) is 44.4 Å². The smallest absolute Gasteiger partial charge is 0.408 e. The van der Waals surface area contributed by atoms with E-state index in [1.807, 2.05) is 11.8 Å². The first-order chi connectivity index (χ1) is 14.1. The summed E-state index contributed by atoms with van der Waals surface area (Å²) in [5, 5.41) is 0. The van der Waals surface area contributed by atoms with Crippen LogP contribution in [0.2, 0.25) is 0 Å². The fourth-order valence-electron chi connectivity index (χ4n) is 3.26. The van der Waals surface area contributed by atoms with Crippen LogP contribution in [-0.4, -0.2) is 52.9 Å². The lowest BCUT2D eigenvalue weighted by atomic mass is 10.1.